The van der Waals surface area contributed by atoms with Crippen LogP contribution in [-0.2, 0) is 6.61 Å². The Hall–Kier alpha value is -2.43. The Morgan fingerprint density at radius 2 is 1.80 bits per heavy atom. The van der Waals surface area contributed by atoms with E-state index in [2.05, 4.69) is 0 Å². The third kappa shape index (κ3) is 3.32. The zero-order chi connectivity index (χ0) is 14.5. The van der Waals surface area contributed by atoms with Crippen molar-refractivity contribution in [1.29, 1.82) is 0 Å². The molecule has 0 radical (unpaired) electrons. The smallest absolute Gasteiger partial charge is 0.150 e. The van der Waals surface area contributed by atoms with E-state index < -0.39 is 11.6 Å². The summed E-state index contributed by atoms with van der Waals surface area (Å²) in [6, 6.07) is 7.77. The molecule has 0 aliphatic rings. The molecule has 2 rings (SSSR count). The van der Waals surface area contributed by atoms with Gasteiger partial charge in [0.2, 0.25) is 0 Å². The minimum absolute atomic E-state index is 0.0355. The van der Waals surface area contributed by atoms with Crippen LogP contribution in [0.1, 0.15) is 15.9 Å². The molecule has 2 aromatic rings. The number of hydrogen-bond acceptors (Lipinski definition) is 3. The fourth-order valence-electron chi connectivity index (χ4n) is 1.76. The minimum atomic E-state index is -0.714. The second-order valence-corrected chi connectivity index (χ2v) is 4.08. The van der Waals surface area contributed by atoms with Crippen LogP contribution in [0.4, 0.5) is 8.78 Å². The van der Waals surface area contributed by atoms with Crippen molar-refractivity contribution in [3.8, 4) is 11.5 Å². The van der Waals surface area contributed by atoms with Gasteiger partial charge in [0.15, 0.2) is 0 Å². The summed E-state index contributed by atoms with van der Waals surface area (Å²) in [5.41, 5.74) is 1.08. The zero-order valence-electron chi connectivity index (χ0n) is 10.7. The summed E-state index contributed by atoms with van der Waals surface area (Å²) in [5, 5.41) is 0. The highest BCUT2D eigenvalue weighted by atomic mass is 19.1. The van der Waals surface area contributed by atoms with Crippen LogP contribution < -0.4 is 9.47 Å². The molecule has 0 atom stereocenters. The van der Waals surface area contributed by atoms with Crippen molar-refractivity contribution in [3.63, 3.8) is 0 Å². The van der Waals surface area contributed by atoms with Gasteiger partial charge in [0, 0.05) is 29.3 Å². The number of halogens is 2. The Morgan fingerprint density at radius 1 is 1.10 bits per heavy atom. The maximum atomic E-state index is 13.0. The van der Waals surface area contributed by atoms with Gasteiger partial charge in [0.25, 0.3) is 0 Å². The van der Waals surface area contributed by atoms with Gasteiger partial charge < -0.3 is 9.47 Å². The summed E-state index contributed by atoms with van der Waals surface area (Å²) in [6.07, 6.45) is 0.699. The number of benzene rings is 2. The van der Waals surface area contributed by atoms with Crippen molar-refractivity contribution in [2.24, 2.45) is 0 Å². The van der Waals surface area contributed by atoms with E-state index in [-0.39, 0.29) is 12.4 Å². The second-order valence-electron chi connectivity index (χ2n) is 4.08. The molecular weight excluding hydrogens is 266 g/mol. The molecule has 3 nitrogen and oxygen atoms in total. The average molecular weight is 278 g/mol. The van der Waals surface area contributed by atoms with Crippen LogP contribution in [-0.4, -0.2) is 13.4 Å². The molecule has 0 heterocycles. The van der Waals surface area contributed by atoms with Crippen molar-refractivity contribution >= 4 is 6.29 Å². The average Bonchev–Trinajstić information content (AvgIpc) is 2.43. The predicted molar refractivity (Wildman–Crippen MR) is 69.1 cm³/mol. The summed E-state index contributed by atoms with van der Waals surface area (Å²) in [4.78, 5) is 10.7. The maximum Gasteiger partial charge on any atom is 0.150 e. The number of rotatable bonds is 5. The summed E-state index contributed by atoms with van der Waals surface area (Å²) in [7, 11) is 1.49. The minimum Gasteiger partial charge on any atom is -0.496 e. The van der Waals surface area contributed by atoms with Crippen LogP contribution in [0, 0.1) is 11.6 Å². The van der Waals surface area contributed by atoms with Gasteiger partial charge in [-0.25, -0.2) is 8.78 Å². The highest BCUT2D eigenvalue weighted by Gasteiger charge is 2.07. The lowest BCUT2D eigenvalue weighted by Gasteiger charge is -2.11. The van der Waals surface area contributed by atoms with E-state index in [4.69, 9.17) is 9.47 Å². The topological polar surface area (TPSA) is 35.5 Å². The second kappa shape index (κ2) is 6.14. The van der Waals surface area contributed by atoms with Gasteiger partial charge in [-0.1, -0.05) is 0 Å². The van der Waals surface area contributed by atoms with E-state index in [0.29, 0.717) is 23.2 Å². The Balaban J connectivity index is 2.19. The molecule has 20 heavy (non-hydrogen) atoms. The third-order valence-corrected chi connectivity index (χ3v) is 2.67. The number of ether oxygens (including phenoxy) is 2. The maximum absolute atomic E-state index is 13.0. The lowest BCUT2D eigenvalue weighted by atomic mass is 10.1. The molecular formula is C15H12F2O3. The molecule has 0 bridgehead atoms. The predicted octanol–water partition coefficient (Wildman–Crippen LogP) is 3.36. The van der Waals surface area contributed by atoms with Crippen LogP contribution >= 0.6 is 0 Å². The fraction of sp³-hybridized carbons (Fsp3) is 0.133. The van der Waals surface area contributed by atoms with Crippen molar-refractivity contribution in [1.82, 2.24) is 0 Å². The van der Waals surface area contributed by atoms with E-state index >= 15 is 0 Å². The van der Waals surface area contributed by atoms with Crippen LogP contribution in [0.2, 0.25) is 0 Å². The van der Waals surface area contributed by atoms with Crippen molar-refractivity contribution < 1.29 is 23.0 Å². The molecule has 0 spiro atoms. The Kier molecular flexibility index (Phi) is 4.30. The highest BCUT2D eigenvalue weighted by molar-refractivity contribution is 5.75. The first-order chi connectivity index (χ1) is 9.62. The zero-order valence-corrected chi connectivity index (χ0v) is 10.7. The highest BCUT2D eigenvalue weighted by Crippen LogP contribution is 2.22. The first-order valence-electron chi connectivity index (χ1n) is 5.83. The van der Waals surface area contributed by atoms with Gasteiger partial charge in [0.05, 0.1) is 7.11 Å². The molecule has 0 fully saturated rings. The Morgan fingerprint density at radius 3 is 2.40 bits per heavy atom. The summed E-state index contributed by atoms with van der Waals surface area (Å²) < 4.78 is 36.5. The van der Waals surface area contributed by atoms with Gasteiger partial charge in [-0.05, 0) is 18.2 Å². The van der Waals surface area contributed by atoms with E-state index in [1.165, 1.54) is 7.11 Å². The number of carbonyl (C=O) groups is 1. The SMILES string of the molecule is COc1ccc(C=O)cc1COc1cc(F)cc(F)c1. The quantitative estimate of drug-likeness (QED) is 0.787. The largest absolute Gasteiger partial charge is 0.496 e. The van der Waals surface area contributed by atoms with E-state index in [1.807, 2.05) is 0 Å². The summed E-state index contributed by atoms with van der Waals surface area (Å²) in [6.45, 7) is 0.0355. The standard InChI is InChI=1S/C15H12F2O3/c1-19-15-3-2-10(8-18)4-11(15)9-20-14-6-12(16)5-13(17)7-14/h2-8H,9H2,1H3. The lowest BCUT2D eigenvalue weighted by Crippen LogP contribution is -2.00. The van der Waals surface area contributed by atoms with Crippen LogP contribution in [0.3, 0.4) is 0 Å². The fourth-order valence-corrected chi connectivity index (χ4v) is 1.76. The van der Waals surface area contributed by atoms with Gasteiger partial charge >= 0.3 is 0 Å². The third-order valence-electron chi connectivity index (χ3n) is 2.67. The van der Waals surface area contributed by atoms with Gasteiger partial charge in [-0.2, -0.15) is 0 Å². The molecule has 2 aromatic carbocycles. The van der Waals surface area contributed by atoms with Crippen molar-refractivity contribution in [2.75, 3.05) is 7.11 Å². The van der Waals surface area contributed by atoms with Crippen molar-refractivity contribution in [3.05, 3.63) is 59.2 Å². The molecule has 104 valence electrons. The van der Waals surface area contributed by atoms with Gasteiger partial charge in [-0.3, -0.25) is 4.79 Å². The number of carbonyl (C=O) groups excluding carboxylic acids is 1. The summed E-state index contributed by atoms with van der Waals surface area (Å²) in [5.74, 6) is -0.823. The normalized spacial score (nSPS) is 10.2. The molecule has 0 aromatic heterocycles. The number of hydrogen-bond donors (Lipinski definition) is 0. The Labute approximate surface area is 114 Å². The molecule has 0 saturated heterocycles. The van der Waals surface area contributed by atoms with Gasteiger partial charge in [0.1, 0.15) is 36.0 Å². The first kappa shape index (κ1) is 14.0. The van der Waals surface area contributed by atoms with Crippen LogP contribution in [0.15, 0.2) is 36.4 Å². The number of aldehydes is 1. The van der Waals surface area contributed by atoms with Crippen LogP contribution in [0.25, 0.3) is 0 Å². The van der Waals surface area contributed by atoms with E-state index in [1.54, 1.807) is 18.2 Å². The molecule has 0 N–H and O–H groups in total. The molecule has 0 aliphatic heterocycles. The van der Waals surface area contributed by atoms with E-state index in [0.717, 1.165) is 18.2 Å². The number of methoxy groups -OCH3 is 1. The van der Waals surface area contributed by atoms with Crippen LogP contribution in [0.5, 0.6) is 11.5 Å². The first-order valence-corrected chi connectivity index (χ1v) is 5.83. The summed E-state index contributed by atoms with van der Waals surface area (Å²) >= 11 is 0. The van der Waals surface area contributed by atoms with Crippen molar-refractivity contribution in [2.45, 2.75) is 6.61 Å². The molecule has 0 amide bonds. The molecule has 0 saturated carbocycles. The van der Waals surface area contributed by atoms with E-state index in [9.17, 15) is 13.6 Å². The monoisotopic (exact) mass is 278 g/mol. The van der Waals surface area contributed by atoms with Gasteiger partial charge in [-0.15, -0.1) is 0 Å². The molecule has 5 heteroatoms. The lowest BCUT2D eigenvalue weighted by molar-refractivity contribution is 0.112. The molecule has 0 unspecified atom stereocenters. The Bertz CT molecular complexity index is 606. The molecule has 0 aliphatic carbocycles.